The summed E-state index contributed by atoms with van der Waals surface area (Å²) in [6.07, 6.45) is 0.901. The highest BCUT2D eigenvalue weighted by Gasteiger charge is 2.33. The van der Waals surface area contributed by atoms with E-state index in [4.69, 9.17) is 4.74 Å². The number of benzene rings is 2. The molecule has 2 aromatic rings. The van der Waals surface area contributed by atoms with Gasteiger partial charge in [0.1, 0.15) is 5.75 Å². The number of carbonyl (C=O) groups excluding carboxylic acids is 2. The molecular weight excluding hydrogens is 340 g/mol. The minimum absolute atomic E-state index is 0.00765. The van der Waals surface area contributed by atoms with Gasteiger partial charge in [0.05, 0.1) is 13.0 Å². The molecule has 0 saturated heterocycles. The van der Waals surface area contributed by atoms with E-state index in [2.05, 4.69) is 19.2 Å². The van der Waals surface area contributed by atoms with E-state index in [-0.39, 0.29) is 17.7 Å². The number of hydrogen-bond donors (Lipinski definition) is 1. The first kappa shape index (κ1) is 19.0. The van der Waals surface area contributed by atoms with E-state index in [1.807, 2.05) is 47.4 Å². The molecule has 2 aromatic carbocycles. The predicted molar refractivity (Wildman–Crippen MR) is 106 cm³/mol. The van der Waals surface area contributed by atoms with Gasteiger partial charge in [-0.25, -0.2) is 0 Å². The summed E-state index contributed by atoms with van der Waals surface area (Å²) in [6, 6.07) is 14.9. The molecule has 0 saturated carbocycles. The lowest BCUT2D eigenvalue weighted by Gasteiger charge is -2.31. The van der Waals surface area contributed by atoms with Crippen molar-refractivity contribution in [3.8, 4) is 5.75 Å². The van der Waals surface area contributed by atoms with Crippen LogP contribution in [0.3, 0.4) is 0 Å². The quantitative estimate of drug-likeness (QED) is 0.850. The van der Waals surface area contributed by atoms with Crippen molar-refractivity contribution in [1.82, 2.24) is 5.32 Å². The average Bonchev–Trinajstić information content (AvgIpc) is 2.69. The number of anilines is 1. The van der Waals surface area contributed by atoms with Crippen LogP contribution in [0.1, 0.15) is 42.1 Å². The summed E-state index contributed by atoms with van der Waals surface area (Å²) in [5.74, 6) is 0.747. The fourth-order valence-corrected chi connectivity index (χ4v) is 3.33. The smallest absolute Gasteiger partial charge is 0.251 e. The number of amides is 2. The number of carbonyl (C=O) groups is 2. The maximum absolute atomic E-state index is 13.5. The van der Waals surface area contributed by atoms with E-state index in [0.29, 0.717) is 24.6 Å². The van der Waals surface area contributed by atoms with Crippen LogP contribution in [0.2, 0.25) is 0 Å². The third-order valence-corrected chi connectivity index (χ3v) is 4.93. The van der Waals surface area contributed by atoms with Crippen LogP contribution in [-0.4, -0.2) is 32.0 Å². The molecule has 1 heterocycles. The highest BCUT2D eigenvalue weighted by molar-refractivity contribution is 6.04. The van der Waals surface area contributed by atoms with Gasteiger partial charge in [-0.1, -0.05) is 32.0 Å². The van der Waals surface area contributed by atoms with Gasteiger partial charge in [-0.3, -0.25) is 9.59 Å². The first-order valence-electron chi connectivity index (χ1n) is 9.33. The molecule has 1 aliphatic heterocycles. The van der Waals surface area contributed by atoms with Crippen molar-refractivity contribution >= 4 is 17.5 Å². The van der Waals surface area contributed by atoms with E-state index < -0.39 is 0 Å². The van der Waals surface area contributed by atoms with Crippen molar-refractivity contribution in [2.45, 2.75) is 26.2 Å². The number of fused-ring (bicyclic) bond motifs is 1. The summed E-state index contributed by atoms with van der Waals surface area (Å²) in [5, 5.41) is 2.85. The molecule has 0 bridgehead atoms. The van der Waals surface area contributed by atoms with Crippen LogP contribution in [0.25, 0.3) is 0 Å². The molecule has 0 spiro atoms. The molecule has 0 radical (unpaired) electrons. The number of rotatable bonds is 6. The molecule has 0 aromatic heterocycles. The van der Waals surface area contributed by atoms with Gasteiger partial charge in [0, 0.05) is 24.3 Å². The fourth-order valence-electron chi connectivity index (χ4n) is 3.33. The van der Waals surface area contributed by atoms with E-state index >= 15 is 0 Å². The monoisotopic (exact) mass is 366 g/mol. The Bertz CT molecular complexity index is 815. The third-order valence-electron chi connectivity index (χ3n) is 4.93. The molecular formula is C22H26N2O3. The van der Waals surface area contributed by atoms with Crippen molar-refractivity contribution in [3.05, 3.63) is 59.7 Å². The fraction of sp³-hybridized carbons (Fsp3) is 0.364. The molecule has 5 nitrogen and oxygen atoms in total. The molecule has 1 atom stereocenters. The van der Waals surface area contributed by atoms with Gasteiger partial charge in [0.25, 0.3) is 5.91 Å². The summed E-state index contributed by atoms with van der Waals surface area (Å²) >= 11 is 0. The maximum Gasteiger partial charge on any atom is 0.251 e. The van der Waals surface area contributed by atoms with Gasteiger partial charge >= 0.3 is 0 Å². The third kappa shape index (κ3) is 4.13. The summed E-state index contributed by atoms with van der Waals surface area (Å²) in [6.45, 7) is 5.25. The zero-order valence-corrected chi connectivity index (χ0v) is 16.1. The Balaban J connectivity index is 1.93. The van der Waals surface area contributed by atoms with E-state index in [1.165, 1.54) is 0 Å². The van der Waals surface area contributed by atoms with E-state index in [1.54, 1.807) is 13.2 Å². The highest BCUT2D eigenvalue weighted by atomic mass is 16.5. The second kappa shape index (κ2) is 8.25. The summed E-state index contributed by atoms with van der Waals surface area (Å²) in [4.78, 5) is 27.4. The molecule has 3 rings (SSSR count). The number of methoxy groups -OCH3 is 1. The number of nitrogens with zero attached hydrogens (tertiary/aromatic N) is 1. The Hall–Kier alpha value is -2.82. The van der Waals surface area contributed by atoms with Gasteiger partial charge in [-0.15, -0.1) is 0 Å². The Morgan fingerprint density at radius 3 is 2.56 bits per heavy atom. The normalized spacial score (nSPS) is 15.9. The molecule has 142 valence electrons. The van der Waals surface area contributed by atoms with E-state index in [0.717, 1.165) is 23.4 Å². The Morgan fingerprint density at radius 2 is 1.89 bits per heavy atom. The van der Waals surface area contributed by atoms with Crippen LogP contribution in [0.5, 0.6) is 5.75 Å². The first-order valence-corrected chi connectivity index (χ1v) is 9.33. The zero-order chi connectivity index (χ0) is 19.4. The van der Waals surface area contributed by atoms with Crippen LogP contribution in [0.4, 0.5) is 5.69 Å². The Labute approximate surface area is 160 Å². The largest absolute Gasteiger partial charge is 0.497 e. The molecule has 1 unspecified atom stereocenters. The molecule has 1 aliphatic rings. The molecule has 1 N–H and O–H groups in total. The Kier molecular flexibility index (Phi) is 5.79. The summed E-state index contributed by atoms with van der Waals surface area (Å²) < 4.78 is 5.23. The SMILES string of the molecule is COc1ccc(N(CCC(C)C)C(=O)C2CNC(=O)c3ccccc32)cc1. The molecule has 2 amide bonds. The standard InChI is InChI=1S/C22H26N2O3/c1-15(2)12-13-24(16-8-10-17(27-3)11-9-16)22(26)20-14-23-21(25)19-7-5-4-6-18(19)20/h4-11,15,20H,12-14H2,1-3H3,(H,23,25). The van der Waals surface area contributed by atoms with Crippen molar-refractivity contribution in [2.24, 2.45) is 5.92 Å². The number of nitrogens with one attached hydrogen (secondary N) is 1. The first-order chi connectivity index (χ1) is 13.0. The molecule has 27 heavy (non-hydrogen) atoms. The van der Waals surface area contributed by atoms with Crippen LogP contribution in [-0.2, 0) is 4.79 Å². The van der Waals surface area contributed by atoms with Gasteiger partial charge < -0.3 is 15.0 Å². The average molecular weight is 366 g/mol. The van der Waals surface area contributed by atoms with Gasteiger partial charge in [-0.2, -0.15) is 0 Å². The lowest BCUT2D eigenvalue weighted by atomic mass is 9.89. The highest BCUT2D eigenvalue weighted by Crippen LogP contribution is 2.29. The molecule has 0 fully saturated rings. The maximum atomic E-state index is 13.5. The Morgan fingerprint density at radius 1 is 1.19 bits per heavy atom. The van der Waals surface area contributed by atoms with Crippen molar-refractivity contribution in [3.63, 3.8) is 0 Å². The molecule has 0 aliphatic carbocycles. The van der Waals surface area contributed by atoms with Crippen molar-refractivity contribution in [2.75, 3.05) is 25.1 Å². The van der Waals surface area contributed by atoms with Gasteiger partial charge in [-0.05, 0) is 48.2 Å². The second-order valence-corrected chi connectivity index (χ2v) is 7.22. The second-order valence-electron chi connectivity index (χ2n) is 7.22. The molecule has 5 heteroatoms. The zero-order valence-electron chi connectivity index (χ0n) is 16.1. The number of ether oxygens (including phenoxy) is 1. The number of hydrogen-bond acceptors (Lipinski definition) is 3. The predicted octanol–water partition coefficient (Wildman–Crippen LogP) is 3.60. The van der Waals surface area contributed by atoms with Crippen molar-refractivity contribution < 1.29 is 14.3 Å². The van der Waals surface area contributed by atoms with Crippen LogP contribution in [0, 0.1) is 5.92 Å². The van der Waals surface area contributed by atoms with Gasteiger partial charge in [0.2, 0.25) is 5.91 Å². The van der Waals surface area contributed by atoms with Crippen LogP contribution >= 0.6 is 0 Å². The van der Waals surface area contributed by atoms with E-state index in [9.17, 15) is 9.59 Å². The lowest BCUT2D eigenvalue weighted by molar-refractivity contribution is -0.120. The van der Waals surface area contributed by atoms with Crippen molar-refractivity contribution in [1.29, 1.82) is 0 Å². The minimum atomic E-state index is -0.381. The van der Waals surface area contributed by atoms with Crippen LogP contribution < -0.4 is 15.0 Å². The minimum Gasteiger partial charge on any atom is -0.497 e. The van der Waals surface area contributed by atoms with Gasteiger partial charge in [0.15, 0.2) is 0 Å². The topological polar surface area (TPSA) is 58.6 Å². The summed E-state index contributed by atoms with van der Waals surface area (Å²) in [7, 11) is 1.62. The lowest BCUT2D eigenvalue weighted by Crippen LogP contribution is -2.44. The summed E-state index contributed by atoms with van der Waals surface area (Å²) in [5.41, 5.74) is 2.23. The van der Waals surface area contributed by atoms with Crippen LogP contribution in [0.15, 0.2) is 48.5 Å².